The van der Waals surface area contributed by atoms with E-state index in [-0.39, 0.29) is 0 Å². The Kier molecular flexibility index (Phi) is 6.35. The molecule has 13 rings (SSSR count). The lowest BCUT2D eigenvalue weighted by Crippen LogP contribution is -1.91. The number of rotatable bonds is 3. The Morgan fingerprint density at radius 1 is 0.298 bits per heavy atom. The molecule has 0 spiro atoms. The fraction of sp³-hybridized carbons (Fsp3) is 0. The fourth-order valence-corrected chi connectivity index (χ4v) is 10.5. The number of hydrogen-bond acceptors (Lipinski definition) is 3. The summed E-state index contributed by atoms with van der Waals surface area (Å²) in [4.78, 5) is 0. The standard InChI is InChI=1S/C54H30O2S/c1-3-12-41-39(10-1)51(40-11-2-4-13-42(40)52(41)35-23-24-38-37-9-5-7-15-46(37)55-47(38)29-35)32-19-17-31(18-20-32)33-21-22-34-28-45-43-25-26-50-53(44-14-6-8-16-49(44)57-50)54(43)56-48(45)30-36(34)27-33/h1-30H. The maximum atomic E-state index is 6.69. The molecule has 3 heteroatoms. The van der Waals surface area contributed by atoms with Crippen molar-refractivity contribution in [2.24, 2.45) is 0 Å². The van der Waals surface area contributed by atoms with Crippen LogP contribution in [0.15, 0.2) is 191 Å². The molecule has 0 aliphatic rings. The van der Waals surface area contributed by atoms with E-state index in [4.69, 9.17) is 8.83 Å². The molecule has 0 N–H and O–H groups in total. The van der Waals surface area contributed by atoms with Crippen LogP contribution in [0.25, 0.3) is 130 Å². The van der Waals surface area contributed by atoms with Crippen LogP contribution in [0.2, 0.25) is 0 Å². The van der Waals surface area contributed by atoms with Crippen molar-refractivity contribution in [1.29, 1.82) is 0 Å². The van der Waals surface area contributed by atoms with Crippen molar-refractivity contribution in [2.75, 3.05) is 0 Å². The van der Waals surface area contributed by atoms with Crippen LogP contribution in [0.5, 0.6) is 0 Å². The van der Waals surface area contributed by atoms with Gasteiger partial charge in [-0.2, -0.15) is 0 Å². The van der Waals surface area contributed by atoms with Crippen molar-refractivity contribution in [1.82, 2.24) is 0 Å². The first kappa shape index (κ1) is 31.1. The second kappa shape index (κ2) is 11.7. The molecule has 0 amide bonds. The van der Waals surface area contributed by atoms with Crippen LogP contribution in [-0.2, 0) is 0 Å². The molecule has 0 aliphatic carbocycles. The van der Waals surface area contributed by atoms with E-state index >= 15 is 0 Å². The van der Waals surface area contributed by atoms with E-state index in [2.05, 4.69) is 170 Å². The molecule has 13 aromatic rings. The third kappa shape index (κ3) is 4.52. The average Bonchev–Trinajstić information content (AvgIpc) is 3.95. The van der Waals surface area contributed by atoms with Crippen LogP contribution in [-0.4, -0.2) is 0 Å². The van der Waals surface area contributed by atoms with Crippen LogP contribution in [0.1, 0.15) is 0 Å². The Bertz CT molecular complexity index is 3750. The van der Waals surface area contributed by atoms with Gasteiger partial charge in [0.15, 0.2) is 0 Å². The molecule has 3 heterocycles. The minimum Gasteiger partial charge on any atom is -0.456 e. The van der Waals surface area contributed by atoms with E-state index in [1.807, 2.05) is 23.5 Å². The fourth-order valence-electron chi connectivity index (χ4n) is 9.43. The molecule has 0 saturated carbocycles. The quantitative estimate of drug-likeness (QED) is 0.169. The minimum atomic E-state index is 0.908. The Hall–Kier alpha value is -7.20. The van der Waals surface area contributed by atoms with Crippen molar-refractivity contribution >= 4 is 108 Å². The van der Waals surface area contributed by atoms with E-state index in [0.29, 0.717) is 0 Å². The van der Waals surface area contributed by atoms with E-state index in [0.717, 1.165) is 44.1 Å². The Morgan fingerprint density at radius 2 is 0.877 bits per heavy atom. The molecule has 264 valence electrons. The zero-order chi connectivity index (χ0) is 37.2. The number of hydrogen-bond donors (Lipinski definition) is 0. The van der Waals surface area contributed by atoms with Gasteiger partial charge in [-0.05, 0) is 120 Å². The van der Waals surface area contributed by atoms with Gasteiger partial charge >= 0.3 is 0 Å². The zero-order valence-corrected chi connectivity index (χ0v) is 31.4. The van der Waals surface area contributed by atoms with Gasteiger partial charge in [0.25, 0.3) is 0 Å². The van der Waals surface area contributed by atoms with Crippen molar-refractivity contribution in [3.63, 3.8) is 0 Å². The van der Waals surface area contributed by atoms with Crippen molar-refractivity contribution in [3.8, 4) is 33.4 Å². The highest BCUT2D eigenvalue weighted by Gasteiger charge is 2.19. The summed E-state index contributed by atoms with van der Waals surface area (Å²) in [5, 5.41) is 14.4. The highest BCUT2D eigenvalue weighted by molar-refractivity contribution is 7.26. The zero-order valence-electron chi connectivity index (χ0n) is 30.5. The summed E-state index contributed by atoms with van der Waals surface area (Å²) in [5.41, 5.74) is 10.9. The summed E-state index contributed by atoms with van der Waals surface area (Å²) < 4.78 is 15.6. The number of para-hydroxylation sites is 1. The maximum Gasteiger partial charge on any atom is 0.144 e. The summed E-state index contributed by atoms with van der Waals surface area (Å²) in [6, 6.07) is 66.1. The molecule has 0 bridgehead atoms. The van der Waals surface area contributed by atoms with Gasteiger partial charge in [-0.3, -0.25) is 0 Å². The maximum absolute atomic E-state index is 6.69. The molecule has 0 fully saturated rings. The lowest BCUT2D eigenvalue weighted by atomic mass is 9.85. The Labute approximate surface area is 330 Å². The van der Waals surface area contributed by atoms with Crippen LogP contribution in [0.4, 0.5) is 0 Å². The molecule has 0 unspecified atom stereocenters. The van der Waals surface area contributed by atoms with Gasteiger partial charge < -0.3 is 8.83 Å². The van der Waals surface area contributed by atoms with Gasteiger partial charge in [0, 0.05) is 41.7 Å². The molecular weight excluding hydrogens is 713 g/mol. The first-order valence-electron chi connectivity index (χ1n) is 19.4. The summed E-state index contributed by atoms with van der Waals surface area (Å²) in [5.74, 6) is 0. The van der Waals surface area contributed by atoms with Gasteiger partial charge in [0.2, 0.25) is 0 Å². The summed E-state index contributed by atoms with van der Waals surface area (Å²) in [6.45, 7) is 0. The number of furan rings is 2. The van der Waals surface area contributed by atoms with Crippen molar-refractivity contribution in [2.45, 2.75) is 0 Å². The largest absolute Gasteiger partial charge is 0.456 e. The third-order valence-electron chi connectivity index (χ3n) is 12.0. The normalized spacial score (nSPS) is 12.2. The van der Waals surface area contributed by atoms with Crippen molar-refractivity contribution in [3.05, 3.63) is 182 Å². The first-order valence-corrected chi connectivity index (χ1v) is 20.2. The highest BCUT2D eigenvalue weighted by Crippen LogP contribution is 2.46. The van der Waals surface area contributed by atoms with E-state index in [1.165, 1.54) is 85.7 Å². The molecule has 0 atom stereocenters. The average molecular weight is 743 g/mol. The van der Waals surface area contributed by atoms with E-state index in [1.54, 1.807) is 0 Å². The first-order chi connectivity index (χ1) is 28.2. The molecule has 0 saturated heterocycles. The lowest BCUT2D eigenvalue weighted by Gasteiger charge is -2.18. The monoisotopic (exact) mass is 742 g/mol. The molecule has 10 aromatic carbocycles. The number of fused-ring (bicyclic) bond motifs is 13. The minimum absolute atomic E-state index is 0.908. The Balaban J connectivity index is 0.925. The summed E-state index contributed by atoms with van der Waals surface area (Å²) >= 11 is 1.83. The van der Waals surface area contributed by atoms with Crippen LogP contribution >= 0.6 is 11.3 Å². The summed E-state index contributed by atoms with van der Waals surface area (Å²) in [6.07, 6.45) is 0. The molecule has 3 aromatic heterocycles. The van der Waals surface area contributed by atoms with Gasteiger partial charge in [0.05, 0.1) is 0 Å². The molecule has 0 aliphatic heterocycles. The number of benzene rings is 10. The van der Waals surface area contributed by atoms with Gasteiger partial charge in [-0.25, -0.2) is 0 Å². The SMILES string of the molecule is c1ccc2c(c1)oc1cc(-c3c4ccccc4c(-c4ccc(-c5ccc6cc7c(cc6c5)oc5c7ccc6sc7ccccc7c65)cc4)c4ccccc34)ccc12. The Morgan fingerprint density at radius 3 is 1.65 bits per heavy atom. The van der Waals surface area contributed by atoms with Gasteiger partial charge in [0.1, 0.15) is 22.3 Å². The summed E-state index contributed by atoms with van der Waals surface area (Å²) in [7, 11) is 0. The van der Waals surface area contributed by atoms with Gasteiger partial charge in [-0.15, -0.1) is 11.3 Å². The number of thiophene rings is 1. The highest BCUT2D eigenvalue weighted by atomic mass is 32.1. The van der Waals surface area contributed by atoms with Gasteiger partial charge in [-0.1, -0.05) is 127 Å². The molecular formula is C54H30O2S. The second-order valence-corrected chi connectivity index (χ2v) is 16.2. The molecule has 2 nitrogen and oxygen atoms in total. The predicted molar refractivity (Wildman–Crippen MR) is 243 cm³/mol. The van der Waals surface area contributed by atoms with Crippen LogP contribution in [0.3, 0.4) is 0 Å². The van der Waals surface area contributed by atoms with Crippen LogP contribution in [0, 0.1) is 0 Å². The molecule has 57 heavy (non-hydrogen) atoms. The van der Waals surface area contributed by atoms with E-state index < -0.39 is 0 Å². The topological polar surface area (TPSA) is 26.3 Å². The predicted octanol–water partition coefficient (Wildman–Crippen LogP) is 16.3. The molecule has 0 radical (unpaired) electrons. The third-order valence-corrected chi connectivity index (χ3v) is 13.2. The smallest absolute Gasteiger partial charge is 0.144 e. The van der Waals surface area contributed by atoms with Crippen LogP contribution < -0.4 is 0 Å². The van der Waals surface area contributed by atoms with Crippen molar-refractivity contribution < 1.29 is 8.83 Å². The lowest BCUT2D eigenvalue weighted by molar-refractivity contribution is 0.669. The second-order valence-electron chi connectivity index (χ2n) is 15.2. The van der Waals surface area contributed by atoms with E-state index in [9.17, 15) is 0 Å².